The summed E-state index contributed by atoms with van der Waals surface area (Å²) in [4.78, 5) is 26.7. The van der Waals surface area contributed by atoms with Gasteiger partial charge in [0.25, 0.3) is 0 Å². The molecule has 0 saturated heterocycles. The fraction of sp³-hybridized carbons (Fsp3) is 0.440. The monoisotopic (exact) mass is 421 g/mol. The Hall–Kier alpha value is -2.70. The van der Waals surface area contributed by atoms with Crippen molar-refractivity contribution in [2.24, 2.45) is 5.84 Å². The summed E-state index contributed by atoms with van der Waals surface area (Å²) < 4.78 is 5.38. The maximum absolute atomic E-state index is 12.8. The van der Waals surface area contributed by atoms with Crippen LogP contribution in [0.5, 0.6) is 5.75 Å². The first-order valence-corrected chi connectivity index (χ1v) is 11.2. The van der Waals surface area contributed by atoms with Gasteiger partial charge in [-0.05, 0) is 55.0 Å². The zero-order valence-electron chi connectivity index (χ0n) is 18.2. The van der Waals surface area contributed by atoms with E-state index in [-0.39, 0.29) is 11.7 Å². The van der Waals surface area contributed by atoms with Gasteiger partial charge in [-0.3, -0.25) is 15.4 Å². The van der Waals surface area contributed by atoms with Gasteiger partial charge in [-0.1, -0.05) is 24.6 Å². The number of hydrogen-bond donors (Lipinski definition) is 1. The molecule has 6 heteroatoms. The first kappa shape index (κ1) is 21.5. The molecule has 2 N–H and O–H groups in total. The first-order valence-electron chi connectivity index (χ1n) is 11.2. The number of Topliss-reactive ketones (excluding diaryl/α,β-unsaturated/α-hetero) is 1. The zero-order valence-corrected chi connectivity index (χ0v) is 18.2. The van der Waals surface area contributed by atoms with Crippen molar-refractivity contribution in [2.75, 3.05) is 25.1 Å². The minimum absolute atomic E-state index is 0.202. The second kappa shape index (κ2) is 9.62. The lowest BCUT2D eigenvalue weighted by molar-refractivity contribution is -0.118. The average Bonchev–Trinajstić information content (AvgIpc) is 3.21. The Morgan fingerprint density at radius 2 is 1.87 bits per heavy atom. The first-order chi connectivity index (χ1) is 15.1. The van der Waals surface area contributed by atoms with Gasteiger partial charge in [-0.15, -0.1) is 0 Å². The van der Waals surface area contributed by atoms with E-state index >= 15 is 0 Å². The Bertz CT molecular complexity index is 972. The molecule has 2 aliphatic heterocycles. The molecule has 0 aliphatic carbocycles. The van der Waals surface area contributed by atoms with Crippen LogP contribution in [0.3, 0.4) is 0 Å². The molecule has 0 fully saturated rings. The lowest BCUT2D eigenvalue weighted by Crippen LogP contribution is -2.32. The number of ether oxygens (including phenoxy) is 1. The molecule has 164 valence electrons. The number of anilines is 1. The second-order valence-corrected chi connectivity index (χ2v) is 8.45. The third kappa shape index (κ3) is 4.81. The van der Waals surface area contributed by atoms with Gasteiger partial charge >= 0.3 is 0 Å². The number of hydrazine groups is 1. The minimum Gasteiger partial charge on any atom is -0.496 e. The average molecular weight is 422 g/mol. The van der Waals surface area contributed by atoms with E-state index in [1.54, 1.807) is 12.1 Å². The lowest BCUT2D eigenvalue weighted by Gasteiger charge is -2.25. The number of rotatable bonds is 10. The van der Waals surface area contributed by atoms with Crippen molar-refractivity contribution in [2.45, 2.75) is 51.5 Å². The van der Waals surface area contributed by atoms with Crippen molar-refractivity contribution in [3.63, 3.8) is 0 Å². The van der Waals surface area contributed by atoms with Crippen LogP contribution < -0.4 is 15.5 Å². The number of unbranched alkanes of at least 4 members (excludes halogenated alkanes) is 2. The van der Waals surface area contributed by atoms with E-state index in [2.05, 4.69) is 0 Å². The zero-order chi connectivity index (χ0) is 21.8. The van der Waals surface area contributed by atoms with Crippen molar-refractivity contribution in [1.29, 1.82) is 0 Å². The van der Waals surface area contributed by atoms with Crippen LogP contribution >= 0.6 is 0 Å². The fourth-order valence-electron chi connectivity index (χ4n) is 4.67. The standard InChI is InChI=1S/C25H31N3O3/c1-31-23-9-5-4-7-20(23)17-27(26)13-6-2-3-8-22(29)21-15-18-10-11-24(30)28-14-12-19(16-21)25(18)28/h4-5,7,9,15-16H,2-3,6,8,10-14,17,26H2,1H3. The SMILES string of the molecule is COc1ccccc1CN(N)CCCCCC(=O)c1cc2c3c(c1)CCN3C(=O)CC2. The Kier molecular flexibility index (Phi) is 6.68. The fourth-order valence-corrected chi connectivity index (χ4v) is 4.67. The van der Waals surface area contributed by atoms with Crippen molar-refractivity contribution in [3.05, 3.63) is 58.7 Å². The van der Waals surface area contributed by atoms with Gasteiger partial charge < -0.3 is 9.64 Å². The van der Waals surface area contributed by atoms with Crippen LogP contribution in [0.15, 0.2) is 36.4 Å². The van der Waals surface area contributed by atoms with Gasteiger partial charge in [0.05, 0.1) is 12.8 Å². The Morgan fingerprint density at radius 1 is 1.10 bits per heavy atom. The molecule has 0 spiro atoms. The number of carbonyl (C=O) groups is 2. The molecule has 0 bridgehead atoms. The maximum Gasteiger partial charge on any atom is 0.227 e. The summed E-state index contributed by atoms with van der Waals surface area (Å²) in [6, 6.07) is 11.9. The third-order valence-electron chi connectivity index (χ3n) is 6.29. The van der Waals surface area contributed by atoms with E-state index in [0.29, 0.717) is 19.4 Å². The normalized spacial score (nSPS) is 14.8. The smallest absolute Gasteiger partial charge is 0.227 e. The number of para-hydroxylation sites is 1. The number of nitrogens with zero attached hydrogens (tertiary/aromatic N) is 2. The topological polar surface area (TPSA) is 75.9 Å². The summed E-state index contributed by atoms with van der Waals surface area (Å²) in [5.41, 5.74) is 5.27. The molecule has 0 aromatic heterocycles. The molecule has 0 radical (unpaired) electrons. The van der Waals surface area contributed by atoms with Crippen LogP contribution in [0.25, 0.3) is 0 Å². The molecular weight excluding hydrogens is 390 g/mol. The van der Waals surface area contributed by atoms with Crippen LogP contribution in [0.2, 0.25) is 0 Å². The van der Waals surface area contributed by atoms with Gasteiger partial charge in [0.2, 0.25) is 5.91 Å². The predicted octanol–water partition coefficient (Wildman–Crippen LogP) is 3.65. The summed E-state index contributed by atoms with van der Waals surface area (Å²) in [5, 5.41) is 1.80. The molecule has 0 atom stereocenters. The number of ketones is 1. The van der Waals surface area contributed by atoms with Crippen LogP contribution in [0, 0.1) is 0 Å². The lowest BCUT2D eigenvalue weighted by atomic mass is 9.94. The van der Waals surface area contributed by atoms with Crippen molar-refractivity contribution in [3.8, 4) is 5.75 Å². The number of benzene rings is 2. The molecule has 2 aromatic rings. The molecule has 31 heavy (non-hydrogen) atoms. The highest BCUT2D eigenvalue weighted by molar-refractivity contribution is 6.02. The van der Waals surface area contributed by atoms with Gasteiger partial charge in [0.15, 0.2) is 5.78 Å². The van der Waals surface area contributed by atoms with Gasteiger partial charge in [0, 0.05) is 43.6 Å². The van der Waals surface area contributed by atoms with E-state index in [1.165, 1.54) is 0 Å². The number of amides is 1. The molecule has 6 nitrogen and oxygen atoms in total. The molecule has 2 heterocycles. The van der Waals surface area contributed by atoms with E-state index in [4.69, 9.17) is 10.6 Å². The van der Waals surface area contributed by atoms with Crippen LogP contribution in [-0.2, 0) is 24.2 Å². The predicted molar refractivity (Wildman–Crippen MR) is 121 cm³/mol. The van der Waals surface area contributed by atoms with Gasteiger partial charge in [-0.25, -0.2) is 5.01 Å². The number of carbonyl (C=O) groups excluding carboxylic acids is 2. The van der Waals surface area contributed by atoms with E-state index < -0.39 is 0 Å². The molecular formula is C25H31N3O3. The van der Waals surface area contributed by atoms with E-state index in [1.807, 2.05) is 41.3 Å². The summed E-state index contributed by atoms with van der Waals surface area (Å²) in [6.07, 6.45) is 5.48. The Balaban J connectivity index is 1.23. The second-order valence-electron chi connectivity index (χ2n) is 8.45. The molecule has 0 unspecified atom stereocenters. The van der Waals surface area contributed by atoms with Crippen LogP contribution in [0.4, 0.5) is 5.69 Å². The minimum atomic E-state index is 0.202. The number of methoxy groups -OCH3 is 1. The van der Waals surface area contributed by atoms with Crippen molar-refractivity contribution < 1.29 is 14.3 Å². The highest BCUT2D eigenvalue weighted by Gasteiger charge is 2.31. The summed E-state index contributed by atoms with van der Waals surface area (Å²) in [5.74, 6) is 7.42. The highest BCUT2D eigenvalue weighted by Crippen LogP contribution is 2.37. The Morgan fingerprint density at radius 3 is 2.68 bits per heavy atom. The van der Waals surface area contributed by atoms with E-state index in [0.717, 1.165) is 78.9 Å². The quantitative estimate of drug-likeness (QED) is 0.274. The molecule has 4 rings (SSSR count). The number of nitrogens with two attached hydrogens (primary N) is 1. The molecule has 1 amide bonds. The number of aryl methyl sites for hydroxylation is 1. The number of hydrogen-bond acceptors (Lipinski definition) is 5. The van der Waals surface area contributed by atoms with Crippen LogP contribution in [0.1, 0.15) is 59.2 Å². The van der Waals surface area contributed by atoms with E-state index in [9.17, 15) is 9.59 Å². The summed E-state index contributed by atoms with van der Waals surface area (Å²) in [7, 11) is 1.67. The van der Waals surface area contributed by atoms with Crippen molar-refractivity contribution >= 4 is 17.4 Å². The van der Waals surface area contributed by atoms with Gasteiger partial charge in [0.1, 0.15) is 5.75 Å². The third-order valence-corrected chi connectivity index (χ3v) is 6.29. The van der Waals surface area contributed by atoms with Crippen LogP contribution in [-0.4, -0.2) is 36.9 Å². The molecule has 0 saturated carbocycles. The molecule has 2 aliphatic rings. The largest absolute Gasteiger partial charge is 0.496 e. The van der Waals surface area contributed by atoms with Gasteiger partial charge in [-0.2, -0.15) is 0 Å². The molecule has 2 aromatic carbocycles. The van der Waals surface area contributed by atoms with Crippen molar-refractivity contribution in [1.82, 2.24) is 5.01 Å². The maximum atomic E-state index is 12.8. The Labute approximate surface area is 183 Å². The summed E-state index contributed by atoms with van der Waals surface area (Å²) >= 11 is 0. The summed E-state index contributed by atoms with van der Waals surface area (Å²) in [6.45, 7) is 2.17. The highest BCUT2D eigenvalue weighted by atomic mass is 16.5.